The lowest BCUT2D eigenvalue weighted by Crippen LogP contribution is -2.39. The summed E-state index contributed by atoms with van der Waals surface area (Å²) in [5.74, 6) is 0.495. The summed E-state index contributed by atoms with van der Waals surface area (Å²) in [5, 5.41) is 3.42. The molecular formula is C13H19FN2. The SMILES string of the molecule is CC1(C)CCCCC1Nc1ccc(F)cn1. The minimum absolute atomic E-state index is 0.284. The minimum Gasteiger partial charge on any atom is -0.367 e. The first-order chi connectivity index (χ1) is 7.58. The lowest BCUT2D eigenvalue weighted by atomic mass is 9.73. The number of hydrogen-bond acceptors (Lipinski definition) is 2. The average molecular weight is 222 g/mol. The van der Waals surface area contributed by atoms with E-state index < -0.39 is 0 Å². The van der Waals surface area contributed by atoms with Crippen LogP contribution in [0.25, 0.3) is 0 Å². The van der Waals surface area contributed by atoms with Crippen molar-refractivity contribution in [2.45, 2.75) is 45.6 Å². The van der Waals surface area contributed by atoms with Crippen LogP contribution in [0, 0.1) is 11.2 Å². The minimum atomic E-state index is -0.284. The van der Waals surface area contributed by atoms with Gasteiger partial charge in [-0.05, 0) is 30.4 Å². The van der Waals surface area contributed by atoms with Crippen LogP contribution in [0.1, 0.15) is 39.5 Å². The number of nitrogens with one attached hydrogen (secondary N) is 1. The van der Waals surface area contributed by atoms with E-state index >= 15 is 0 Å². The summed E-state index contributed by atoms with van der Waals surface area (Å²) in [4.78, 5) is 4.05. The molecule has 1 N–H and O–H groups in total. The molecule has 2 rings (SSSR count). The van der Waals surface area contributed by atoms with Crippen LogP contribution in [0.2, 0.25) is 0 Å². The summed E-state index contributed by atoms with van der Waals surface area (Å²) in [6.07, 6.45) is 6.25. The van der Waals surface area contributed by atoms with Crippen molar-refractivity contribution in [1.82, 2.24) is 4.98 Å². The first-order valence-electron chi connectivity index (χ1n) is 5.96. The van der Waals surface area contributed by atoms with E-state index in [0.717, 1.165) is 5.82 Å². The molecule has 1 atom stereocenters. The average Bonchev–Trinajstić information content (AvgIpc) is 2.24. The Hall–Kier alpha value is -1.12. The van der Waals surface area contributed by atoms with Gasteiger partial charge in [0.2, 0.25) is 0 Å². The summed E-state index contributed by atoms with van der Waals surface area (Å²) in [5.41, 5.74) is 0.300. The highest BCUT2D eigenvalue weighted by Crippen LogP contribution is 2.36. The zero-order chi connectivity index (χ0) is 11.6. The predicted molar refractivity (Wildman–Crippen MR) is 63.9 cm³/mol. The molecule has 1 fully saturated rings. The van der Waals surface area contributed by atoms with Crippen LogP contribution in [-0.4, -0.2) is 11.0 Å². The molecule has 0 aliphatic heterocycles. The second-order valence-corrected chi connectivity index (χ2v) is 5.29. The number of nitrogens with zero attached hydrogens (tertiary/aromatic N) is 1. The van der Waals surface area contributed by atoms with Crippen LogP contribution in [0.3, 0.4) is 0 Å². The normalized spacial score (nSPS) is 24.1. The molecule has 0 saturated heterocycles. The highest BCUT2D eigenvalue weighted by Gasteiger charge is 2.32. The van der Waals surface area contributed by atoms with Gasteiger partial charge in [-0.3, -0.25) is 0 Å². The highest BCUT2D eigenvalue weighted by atomic mass is 19.1. The van der Waals surface area contributed by atoms with Crippen molar-refractivity contribution in [3.05, 3.63) is 24.1 Å². The molecule has 3 heteroatoms. The van der Waals surface area contributed by atoms with Gasteiger partial charge in [-0.15, -0.1) is 0 Å². The number of rotatable bonds is 2. The first kappa shape index (κ1) is 11.4. The van der Waals surface area contributed by atoms with Crippen LogP contribution in [-0.2, 0) is 0 Å². The standard InChI is InChI=1S/C13H19FN2/c1-13(2)8-4-3-5-11(13)16-12-7-6-10(14)9-15-12/h6-7,9,11H,3-5,8H2,1-2H3,(H,15,16). The fraction of sp³-hybridized carbons (Fsp3) is 0.615. The van der Waals surface area contributed by atoms with Crippen molar-refractivity contribution in [3.8, 4) is 0 Å². The molecular weight excluding hydrogens is 203 g/mol. The first-order valence-corrected chi connectivity index (χ1v) is 5.96. The largest absolute Gasteiger partial charge is 0.367 e. The van der Waals surface area contributed by atoms with Crippen molar-refractivity contribution in [2.24, 2.45) is 5.41 Å². The number of halogens is 1. The molecule has 0 spiro atoms. The summed E-state index contributed by atoms with van der Waals surface area (Å²) in [6.45, 7) is 4.57. The fourth-order valence-corrected chi connectivity index (χ4v) is 2.40. The Bertz CT molecular complexity index is 345. The zero-order valence-electron chi connectivity index (χ0n) is 9.96. The molecule has 0 bridgehead atoms. The van der Waals surface area contributed by atoms with Crippen molar-refractivity contribution in [1.29, 1.82) is 0 Å². The molecule has 16 heavy (non-hydrogen) atoms. The van der Waals surface area contributed by atoms with E-state index in [1.54, 1.807) is 6.07 Å². The van der Waals surface area contributed by atoms with Crippen LogP contribution < -0.4 is 5.32 Å². The number of anilines is 1. The van der Waals surface area contributed by atoms with Crippen molar-refractivity contribution in [3.63, 3.8) is 0 Å². The molecule has 1 aromatic heterocycles. The molecule has 1 saturated carbocycles. The molecule has 0 radical (unpaired) electrons. The van der Waals surface area contributed by atoms with Crippen molar-refractivity contribution < 1.29 is 4.39 Å². The monoisotopic (exact) mass is 222 g/mol. The quantitative estimate of drug-likeness (QED) is 0.827. The zero-order valence-corrected chi connectivity index (χ0v) is 9.96. The lowest BCUT2D eigenvalue weighted by Gasteiger charge is -2.39. The molecule has 2 nitrogen and oxygen atoms in total. The van der Waals surface area contributed by atoms with Gasteiger partial charge >= 0.3 is 0 Å². The van der Waals surface area contributed by atoms with Gasteiger partial charge in [0.25, 0.3) is 0 Å². The smallest absolute Gasteiger partial charge is 0.141 e. The Morgan fingerprint density at radius 1 is 1.38 bits per heavy atom. The molecule has 1 aliphatic carbocycles. The molecule has 1 aliphatic rings. The lowest BCUT2D eigenvalue weighted by molar-refractivity contribution is 0.216. The van der Waals surface area contributed by atoms with E-state index in [4.69, 9.17) is 0 Å². The number of hydrogen-bond donors (Lipinski definition) is 1. The van der Waals surface area contributed by atoms with E-state index in [1.807, 2.05) is 0 Å². The summed E-state index contributed by atoms with van der Waals surface area (Å²) in [7, 11) is 0. The fourth-order valence-electron chi connectivity index (χ4n) is 2.40. The molecule has 1 aromatic rings. The summed E-state index contributed by atoms with van der Waals surface area (Å²) < 4.78 is 12.7. The van der Waals surface area contributed by atoms with Crippen LogP contribution in [0.4, 0.5) is 10.2 Å². The van der Waals surface area contributed by atoms with E-state index in [-0.39, 0.29) is 5.82 Å². The van der Waals surface area contributed by atoms with Gasteiger partial charge in [-0.25, -0.2) is 9.37 Å². The van der Waals surface area contributed by atoms with E-state index in [9.17, 15) is 4.39 Å². The van der Waals surface area contributed by atoms with Gasteiger partial charge in [0.05, 0.1) is 6.20 Å². The second kappa shape index (κ2) is 4.40. The maximum absolute atomic E-state index is 12.7. The maximum atomic E-state index is 12.7. The Kier molecular flexibility index (Phi) is 3.13. The Morgan fingerprint density at radius 3 is 2.81 bits per heavy atom. The Labute approximate surface area is 96.3 Å². The van der Waals surface area contributed by atoms with Gasteiger partial charge in [-0.2, -0.15) is 0 Å². The molecule has 0 amide bonds. The van der Waals surface area contributed by atoms with E-state index in [1.165, 1.54) is 37.9 Å². The Balaban J connectivity index is 2.05. The van der Waals surface area contributed by atoms with Crippen LogP contribution in [0.15, 0.2) is 18.3 Å². The topological polar surface area (TPSA) is 24.9 Å². The molecule has 0 aromatic carbocycles. The summed E-state index contributed by atoms with van der Waals surface area (Å²) in [6, 6.07) is 3.60. The summed E-state index contributed by atoms with van der Waals surface area (Å²) >= 11 is 0. The van der Waals surface area contributed by atoms with Gasteiger partial charge < -0.3 is 5.32 Å². The van der Waals surface area contributed by atoms with Crippen molar-refractivity contribution >= 4 is 5.82 Å². The van der Waals surface area contributed by atoms with Gasteiger partial charge in [-0.1, -0.05) is 26.7 Å². The Morgan fingerprint density at radius 2 is 2.19 bits per heavy atom. The number of pyridine rings is 1. The van der Waals surface area contributed by atoms with Crippen LogP contribution >= 0.6 is 0 Å². The predicted octanol–water partition coefficient (Wildman–Crippen LogP) is 3.60. The van der Waals surface area contributed by atoms with Gasteiger partial charge in [0, 0.05) is 6.04 Å². The second-order valence-electron chi connectivity index (χ2n) is 5.29. The highest BCUT2D eigenvalue weighted by molar-refractivity contribution is 5.35. The molecule has 88 valence electrons. The number of aromatic nitrogens is 1. The van der Waals surface area contributed by atoms with Gasteiger partial charge in [0.1, 0.15) is 11.6 Å². The van der Waals surface area contributed by atoms with E-state index in [2.05, 4.69) is 24.1 Å². The van der Waals surface area contributed by atoms with E-state index in [0.29, 0.717) is 11.5 Å². The van der Waals surface area contributed by atoms with Gasteiger partial charge in [0.15, 0.2) is 0 Å². The molecule has 1 heterocycles. The third-order valence-electron chi connectivity index (χ3n) is 3.56. The third kappa shape index (κ3) is 2.52. The maximum Gasteiger partial charge on any atom is 0.141 e. The van der Waals surface area contributed by atoms with Crippen molar-refractivity contribution in [2.75, 3.05) is 5.32 Å². The third-order valence-corrected chi connectivity index (χ3v) is 3.56. The van der Waals surface area contributed by atoms with Crippen LogP contribution in [0.5, 0.6) is 0 Å². The molecule has 1 unspecified atom stereocenters.